The van der Waals surface area contributed by atoms with Crippen LogP contribution in [0.15, 0.2) is 30.3 Å². The highest BCUT2D eigenvalue weighted by molar-refractivity contribution is 5.89. The van der Waals surface area contributed by atoms with Gasteiger partial charge in [0.15, 0.2) is 0 Å². The van der Waals surface area contributed by atoms with E-state index in [-0.39, 0.29) is 36.7 Å². The van der Waals surface area contributed by atoms with Crippen molar-refractivity contribution >= 4 is 17.8 Å². The molecule has 6 heteroatoms. The molecule has 2 rings (SSSR count). The Bertz CT molecular complexity index is 644. The lowest BCUT2D eigenvalue weighted by molar-refractivity contribution is -0.142. The zero-order valence-electron chi connectivity index (χ0n) is 15.6. The topological polar surface area (TPSA) is 86.7 Å². The smallest absolute Gasteiger partial charge is 0.308 e. The van der Waals surface area contributed by atoms with Crippen LogP contribution in [0.2, 0.25) is 0 Å². The number of likely N-dealkylation sites (tertiary alicyclic amines) is 1. The summed E-state index contributed by atoms with van der Waals surface area (Å²) in [6.07, 6.45) is 0.682. The fourth-order valence-electron chi connectivity index (χ4n) is 3.40. The molecule has 0 aromatic heterocycles. The molecular weight excluding hydrogens is 332 g/mol. The summed E-state index contributed by atoms with van der Waals surface area (Å²) in [5.41, 5.74) is 1.03. The van der Waals surface area contributed by atoms with E-state index in [4.69, 9.17) is 0 Å². The maximum atomic E-state index is 12.4. The van der Waals surface area contributed by atoms with E-state index in [1.807, 2.05) is 51.1 Å². The second-order valence-electron chi connectivity index (χ2n) is 7.44. The Morgan fingerprint density at radius 1 is 1.23 bits per heavy atom. The molecule has 26 heavy (non-hydrogen) atoms. The molecule has 1 fully saturated rings. The van der Waals surface area contributed by atoms with Gasteiger partial charge in [-0.2, -0.15) is 0 Å². The van der Waals surface area contributed by atoms with Crippen molar-refractivity contribution in [3.63, 3.8) is 0 Å². The third kappa shape index (κ3) is 5.07. The summed E-state index contributed by atoms with van der Waals surface area (Å²) >= 11 is 0. The number of rotatable bonds is 8. The van der Waals surface area contributed by atoms with Crippen molar-refractivity contribution < 1.29 is 19.5 Å². The van der Waals surface area contributed by atoms with Gasteiger partial charge in [0.1, 0.15) is 0 Å². The summed E-state index contributed by atoms with van der Waals surface area (Å²) in [6, 6.07) is 9.63. The average Bonchev–Trinajstić information content (AvgIpc) is 2.99. The Hall–Kier alpha value is -2.37. The number of amides is 2. The summed E-state index contributed by atoms with van der Waals surface area (Å²) in [6.45, 7) is 6.33. The van der Waals surface area contributed by atoms with Crippen molar-refractivity contribution in [2.75, 3.05) is 13.1 Å². The van der Waals surface area contributed by atoms with Gasteiger partial charge in [-0.15, -0.1) is 0 Å². The second-order valence-corrected chi connectivity index (χ2v) is 7.44. The van der Waals surface area contributed by atoms with E-state index in [2.05, 4.69) is 5.32 Å². The van der Waals surface area contributed by atoms with Crippen molar-refractivity contribution in [1.29, 1.82) is 0 Å². The van der Waals surface area contributed by atoms with Crippen LogP contribution in [0.3, 0.4) is 0 Å². The van der Waals surface area contributed by atoms with E-state index in [1.54, 1.807) is 4.90 Å². The van der Waals surface area contributed by atoms with Gasteiger partial charge in [-0.25, -0.2) is 0 Å². The van der Waals surface area contributed by atoms with Gasteiger partial charge in [-0.3, -0.25) is 14.4 Å². The Labute approximate surface area is 154 Å². The molecule has 3 unspecified atom stereocenters. The monoisotopic (exact) mass is 360 g/mol. The van der Waals surface area contributed by atoms with Gasteiger partial charge in [0.05, 0.1) is 17.9 Å². The van der Waals surface area contributed by atoms with Crippen LogP contribution in [-0.2, 0) is 14.4 Å². The van der Waals surface area contributed by atoms with Crippen molar-refractivity contribution in [3.05, 3.63) is 35.9 Å². The predicted octanol–water partition coefficient (Wildman–Crippen LogP) is 2.46. The summed E-state index contributed by atoms with van der Waals surface area (Å²) in [5, 5.41) is 12.0. The van der Waals surface area contributed by atoms with Crippen LogP contribution in [0.4, 0.5) is 0 Å². The van der Waals surface area contributed by atoms with Crippen molar-refractivity contribution in [3.8, 4) is 0 Å². The molecule has 0 saturated carbocycles. The molecule has 2 amide bonds. The van der Waals surface area contributed by atoms with Gasteiger partial charge in [-0.1, -0.05) is 44.2 Å². The fraction of sp³-hybridized carbons (Fsp3) is 0.550. The van der Waals surface area contributed by atoms with Gasteiger partial charge < -0.3 is 15.3 Å². The van der Waals surface area contributed by atoms with Gasteiger partial charge in [-0.05, 0) is 24.8 Å². The molecule has 3 atom stereocenters. The molecule has 1 aliphatic rings. The third-order valence-corrected chi connectivity index (χ3v) is 4.91. The van der Waals surface area contributed by atoms with Crippen LogP contribution in [0.1, 0.15) is 45.2 Å². The molecule has 1 aromatic carbocycles. The fourth-order valence-corrected chi connectivity index (χ4v) is 3.40. The number of benzene rings is 1. The maximum Gasteiger partial charge on any atom is 0.308 e. The minimum atomic E-state index is -0.902. The van der Waals surface area contributed by atoms with E-state index >= 15 is 0 Å². The zero-order chi connectivity index (χ0) is 19.3. The lowest BCUT2D eigenvalue weighted by atomic mass is 9.97. The SMILES string of the molecule is CC(C)CC(CNC(=O)C1CC(=O)N(C(C)c2ccccc2)C1)C(=O)O. The van der Waals surface area contributed by atoms with Gasteiger partial charge in [0.2, 0.25) is 11.8 Å². The van der Waals surface area contributed by atoms with Gasteiger partial charge in [0.25, 0.3) is 0 Å². The van der Waals surface area contributed by atoms with Crippen LogP contribution in [-0.4, -0.2) is 40.9 Å². The van der Waals surface area contributed by atoms with Gasteiger partial charge in [0, 0.05) is 19.5 Å². The first kappa shape index (κ1) is 19.9. The van der Waals surface area contributed by atoms with Crippen LogP contribution >= 0.6 is 0 Å². The van der Waals surface area contributed by atoms with Crippen LogP contribution in [0, 0.1) is 17.8 Å². The molecule has 0 bridgehead atoms. The Morgan fingerprint density at radius 2 is 1.88 bits per heavy atom. The molecule has 0 radical (unpaired) electrons. The van der Waals surface area contributed by atoms with E-state index < -0.39 is 17.8 Å². The number of nitrogens with one attached hydrogen (secondary N) is 1. The first-order valence-corrected chi connectivity index (χ1v) is 9.14. The summed E-state index contributed by atoms with van der Waals surface area (Å²) in [4.78, 5) is 37.8. The molecule has 1 saturated heterocycles. The number of carboxylic acid groups (broad SMARTS) is 1. The molecule has 1 aromatic rings. The van der Waals surface area contributed by atoms with Gasteiger partial charge >= 0.3 is 5.97 Å². The number of hydrogen-bond donors (Lipinski definition) is 2. The minimum absolute atomic E-state index is 0.0431. The predicted molar refractivity (Wildman–Crippen MR) is 98.3 cm³/mol. The lowest BCUT2D eigenvalue weighted by Crippen LogP contribution is -2.38. The lowest BCUT2D eigenvalue weighted by Gasteiger charge is -2.25. The number of carboxylic acids is 1. The van der Waals surface area contributed by atoms with Crippen molar-refractivity contribution in [2.24, 2.45) is 17.8 Å². The highest BCUT2D eigenvalue weighted by atomic mass is 16.4. The Kier molecular flexibility index (Phi) is 6.77. The van der Waals surface area contributed by atoms with E-state index in [1.165, 1.54) is 0 Å². The highest BCUT2D eigenvalue weighted by Crippen LogP contribution is 2.28. The Balaban J connectivity index is 1.93. The zero-order valence-corrected chi connectivity index (χ0v) is 15.6. The maximum absolute atomic E-state index is 12.4. The number of nitrogens with zero attached hydrogens (tertiary/aromatic N) is 1. The number of carbonyl (C=O) groups is 3. The highest BCUT2D eigenvalue weighted by Gasteiger charge is 2.37. The van der Waals surface area contributed by atoms with E-state index in [0.717, 1.165) is 5.56 Å². The molecule has 1 aliphatic heterocycles. The molecule has 0 aliphatic carbocycles. The summed E-state index contributed by atoms with van der Waals surface area (Å²) < 4.78 is 0. The first-order chi connectivity index (χ1) is 12.3. The molecule has 1 heterocycles. The second kappa shape index (κ2) is 8.83. The van der Waals surface area contributed by atoms with Crippen molar-refractivity contribution in [1.82, 2.24) is 10.2 Å². The molecule has 142 valence electrons. The standard InChI is InChI=1S/C20H28N2O4/c1-13(2)9-16(20(25)26)11-21-19(24)17-10-18(23)22(12-17)14(3)15-7-5-4-6-8-15/h4-8,13-14,16-17H,9-12H2,1-3H3,(H,21,24)(H,25,26). The van der Waals surface area contributed by atoms with Crippen LogP contribution in [0.25, 0.3) is 0 Å². The largest absolute Gasteiger partial charge is 0.481 e. The van der Waals surface area contributed by atoms with Crippen LogP contribution in [0.5, 0.6) is 0 Å². The number of aliphatic carboxylic acids is 1. The number of hydrogen-bond acceptors (Lipinski definition) is 3. The molecule has 6 nitrogen and oxygen atoms in total. The minimum Gasteiger partial charge on any atom is -0.481 e. The van der Waals surface area contributed by atoms with E-state index in [0.29, 0.717) is 13.0 Å². The molecular formula is C20H28N2O4. The average molecular weight is 360 g/mol. The number of carbonyl (C=O) groups excluding carboxylic acids is 2. The third-order valence-electron chi connectivity index (χ3n) is 4.91. The molecule has 0 spiro atoms. The summed E-state index contributed by atoms with van der Waals surface area (Å²) in [5.74, 6) is -1.98. The van der Waals surface area contributed by atoms with Crippen LogP contribution < -0.4 is 5.32 Å². The normalized spacial score (nSPS) is 19.5. The quantitative estimate of drug-likeness (QED) is 0.745. The first-order valence-electron chi connectivity index (χ1n) is 9.14. The summed E-state index contributed by atoms with van der Waals surface area (Å²) in [7, 11) is 0. The Morgan fingerprint density at radius 3 is 2.46 bits per heavy atom. The molecule has 2 N–H and O–H groups in total. The van der Waals surface area contributed by atoms with Crippen molar-refractivity contribution in [2.45, 2.75) is 39.7 Å². The van der Waals surface area contributed by atoms with E-state index in [9.17, 15) is 19.5 Å².